The highest BCUT2D eigenvalue weighted by atomic mass is 79.9. The Hall–Kier alpha value is 0.01000. The topological polar surface area (TPSA) is 20.2 Å². The van der Waals surface area contributed by atoms with E-state index in [-0.39, 0.29) is 12.0 Å². The summed E-state index contributed by atoms with van der Waals surface area (Å²) >= 11 is 5.44. The van der Waals surface area contributed by atoms with Gasteiger partial charge < -0.3 is 5.11 Å². The summed E-state index contributed by atoms with van der Waals surface area (Å²) in [5.74, 6) is 0. The first-order chi connectivity index (χ1) is 7.36. The zero-order valence-electron chi connectivity index (χ0n) is 10.2. The maximum absolute atomic E-state index is 9.33. The van der Waals surface area contributed by atoms with E-state index in [1.54, 1.807) is 0 Å². The van der Waals surface area contributed by atoms with Crippen LogP contribution in [-0.4, -0.2) is 17.0 Å². The van der Waals surface area contributed by atoms with Gasteiger partial charge in [0, 0.05) is 20.0 Å². The monoisotopic (exact) mass is 302 g/mol. The summed E-state index contributed by atoms with van der Waals surface area (Å²) in [5, 5.41) is 9.91. The van der Waals surface area contributed by atoms with Crippen LogP contribution >= 0.6 is 27.7 Å². The summed E-state index contributed by atoms with van der Waals surface area (Å²) in [6.07, 6.45) is 0. The average Bonchev–Trinajstić information content (AvgIpc) is 2.20. The van der Waals surface area contributed by atoms with Crippen molar-refractivity contribution in [1.82, 2.24) is 0 Å². The van der Waals surface area contributed by atoms with E-state index in [1.807, 2.05) is 25.6 Å². The number of hydrogen-bond acceptors (Lipinski definition) is 2. The predicted molar refractivity (Wildman–Crippen MR) is 75.2 cm³/mol. The van der Waals surface area contributed by atoms with Crippen molar-refractivity contribution >= 4 is 27.7 Å². The standard InChI is InChI=1S/C13H19BrOS/c1-9(2)16-12-6-5-10(7-11(12)14)13(3,4)8-15/h5-7,9,15H,8H2,1-4H3. The molecule has 1 N–H and O–H groups in total. The van der Waals surface area contributed by atoms with E-state index >= 15 is 0 Å². The Bertz CT molecular complexity index is 361. The summed E-state index contributed by atoms with van der Waals surface area (Å²) < 4.78 is 1.12. The molecule has 0 radical (unpaired) electrons. The second-order valence-corrected chi connectivity index (χ2v) is 7.33. The normalized spacial score (nSPS) is 12.2. The van der Waals surface area contributed by atoms with Crippen LogP contribution in [0.4, 0.5) is 0 Å². The Balaban J connectivity index is 2.99. The quantitative estimate of drug-likeness (QED) is 0.840. The van der Waals surface area contributed by atoms with Gasteiger partial charge in [-0.3, -0.25) is 0 Å². The molecule has 3 heteroatoms. The molecule has 0 saturated heterocycles. The molecule has 1 nitrogen and oxygen atoms in total. The summed E-state index contributed by atoms with van der Waals surface area (Å²) in [6, 6.07) is 6.34. The molecule has 0 saturated carbocycles. The SMILES string of the molecule is CC(C)Sc1ccc(C(C)(C)CO)cc1Br. The van der Waals surface area contributed by atoms with E-state index in [1.165, 1.54) is 4.90 Å². The van der Waals surface area contributed by atoms with Crippen molar-refractivity contribution < 1.29 is 5.11 Å². The fourth-order valence-electron chi connectivity index (χ4n) is 1.36. The molecule has 0 atom stereocenters. The summed E-state index contributed by atoms with van der Waals surface area (Å²) in [5.41, 5.74) is 0.985. The summed E-state index contributed by atoms with van der Waals surface area (Å²) in [6.45, 7) is 8.62. The molecule has 1 aromatic carbocycles. The summed E-state index contributed by atoms with van der Waals surface area (Å²) in [4.78, 5) is 1.26. The minimum absolute atomic E-state index is 0.163. The van der Waals surface area contributed by atoms with Gasteiger partial charge in [-0.2, -0.15) is 0 Å². The van der Waals surface area contributed by atoms with E-state index in [0.717, 1.165) is 10.0 Å². The third kappa shape index (κ3) is 3.51. The van der Waals surface area contributed by atoms with Crippen molar-refractivity contribution in [1.29, 1.82) is 0 Å². The first-order valence-electron chi connectivity index (χ1n) is 5.44. The highest BCUT2D eigenvalue weighted by Crippen LogP contribution is 2.34. The van der Waals surface area contributed by atoms with Gasteiger partial charge in [0.15, 0.2) is 0 Å². The zero-order chi connectivity index (χ0) is 12.3. The molecule has 0 heterocycles. The third-order valence-electron chi connectivity index (χ3n) is 2.47. The third-order valence-corrected chi connectivity index (χ3v) is 4.47. The molecular formula is C13H19BrOS. The maximum Gasteiger partial charge on any atom is 0.0522 e. The van der Waals surface area contributed by atoms with Crippen LogP contribution in [0.2, 0.25) is 0 Å². The van der Waals surface area contributed by atoms with Gasteiger partial charge in [0.2, 0.25) is 0 Å². The molecule has 16 heavy (non-hydrogen) atoms. The zero-order valence-corrected chi connectivity index (χ0v) is 12.7. The molecule has 0 aliphatic carbocycles. The molecule has 0 fully saturated rings. The van der Waals surface area contributed by atoms with Crippen molar-refractivity contribution in [3.05, 3.63) is 28.2 Å². The smallest absolute Gasteiger partial charge is 0.0522 e. The Morgan fingerprint density at radius 2 is 2.00 bits per heavy atom. The number of aliphatic hydroxyl groups is 1. The Morgan fingerprint density at radius 1 is 1.38 bits per heavy atom. The second kappa shape index (κ2) is 5.56. The van der Waals surface area contributed by atoms with Crippen LogP contribution in [0.5, 0.6) is 0 Å². The number of thioether (sulfide) groups is 1. The molecule has 0 aliphatic rings. The number of halogens is 1. The molecule has 0 amide bonds. The minimum Gasteiger partial charge on any atom is -0.395 e. The number of rotatable bonds is 4. The van der Waals surface area contributed by atoms with Crippen molar-refractivity contribution in [3.8, 4) is 0 Å². The minimum atomic E-state index is -0.177. The Labute approximate surface area is 111 Å². The van der Waals surface area contributed by atoms with Crippen LogP contribution in [0, 0.1) is 0 Å². The molecule has 1 aromatic rings. The number of aliphatic hydroxyl groups excluding tert-OH is 1. The van der Waals surface area contributed by atoms with Gasteiger partial charge >= 0.3 is 0 Å². The van der Waals surface area contributed by atoms with Gasteiger partial charge in [-0.1, -0.05) is 33.8 Å². The van der Waals surface area contributed by atoms with Gasteiger partial charge in [0.05, 0.1) is 6.61 Å². The maximum atomic E-state index is 9.33. The molecule has 0 unspecified atom stereocenters. The van der Waals surface area contributed by atoms with Crippen LogP contribution in [-0.2, 0) is 5.41 Å². The van der Waals surface area contributed by atoms with Crippen LogP contribution in [0.15, 0.2) is 27.6 Å². The fraction of sp³-hybridized carbons (Fsp3) is 0.538. The first-order valence-corrected chi connectivity index (χ1v) is 7.11. The average molecular weight is 303 g/mol. The van der Waals surface area contributed by atoms with Crippen molar-refractivity contribution in [2.24, 2.45) is 0 Å². The molecule has 0 spiro atoms. The molecular weight excluding hydrogens is 284 g/mol. The largest absolute Gasteiger partial charge is 0.395 e. The first kappa shape index (κ1) is 14.1. The van der Waals surface area contributed by atoms with Gasteiger partial charge in [-0.05, 0) is 33.6 Å². The Morgan fingerprint density at radius 3 is 2.44 bits per heavy atom. The van der Waals surface area contributed by atoms with Crippen LogP contribution in [0.25, 0.3) is 0 Å². The lowest BCUT2D eigenvalue weighted by Crippen LogP contribution is -2.21. The highest BCUT2D eigenvalue weighted by Gasteiger charge is 2.20. The predicted octanol–water partition coefficient (Wildman–Crippen LogP) is 4.22. The molecule has 0 bridgehead atoms. The molecule has 90 valence electrons. The highest BCUT2D eigenvalue weighted by molar-refractivity contribution is 9.10. The Kier molecular flexibility index (Phi) is 4.89. The lowest BCUT2D eigenvalue weighted by Gasteiger charge is -2.23. The van der Waals surface area contributed by atoms with Crippen molar-refractivity contribution in [2.75, 3.05) is 6.61 Å². The summed E-state index contributed by atoms with van der Waals surface area (Å²) in [7, 11) is 0. The van der Waals surface area contributed by atoms with Gasteiger partial charge in [0.25, 0.3) is 0 Å². The fourth-order valence-corrected chi connectivity index (χ4v) is 2.85. The van der Waals surface area contributed by atoms with Gasteiger partial charge in [-0.15, -0.1) is 11.8 Å². The van der Waals surface area contributed by atoms with E-state index in [0.29, 0.717) is 5.25 Å². The van der Waals surface area contributed by atoms with E-state index in [9.17, 15) is 5.11 Å². The van der Waals surface area contributed by atoms with Gasteiger partial charge in [-0.25, -0.2) is 0 Å². The molecule has 1 rings (SSSR count). The number of benzene rings is 1. The molecule has 0 aliphatic heterocycles. The van der Waals surface area contributed by atoms with E-state index < -0.39 is 0 Å². The van der Waals surface area contributed by atoms with Gasteiger partial charge in [0.1, 0.15) is 0 Å². The number of hydrogen-bond donors (Lipinski definition) is 1. The van der Waals surface area contributed by atoms with Crippen molar-refractivity contribution in [3.63, 3.8) is 0 Å². The van der Waals surface area contributed by atoms with Crippen molar-refractivity contribution in [2.45, 2.75) is 43.3 Å². The lowest BCUT2D eigenvalue weighted by molar-refractivity contribution is 0.218. The molecule has 0 aromatic heterocycles. The van der Waals surface area contributed by atoms with E-state index in [4.69, 9.17) is 0 Å². The van der Waals surface area contributed by atoms with Crippen LogP contribution in [0.3, 0.4) is 0 Å². The van der Waals surface area contributed by atoms with Crippen LogP contribution < -0.4 is 0 Å². The second-order valence-electron chi connectivity index (χ2n) is 4.85. The lowest BCUT2D eigenvalue weighted by atomic mass is 9.86. The van der Waals surface area contributed by atoms with E-state index in [2.05, 4.69) is 48.0 Å². The van der Waals surface area contributed by atoms with Crippen LogP contribution in [0.1, 0.15) is 33.3 Å².